The number of hydrogen-bond donors (Lipinski definition) is 2. The SMILES string of the molecule is CN=Cc1c(C)cc(N)cc1N. The monoisotopic (exact) mass is 163 g/mol. The Morgan fingerprint density at radius 1 is 1.33 bits per heavy atom. The van der Waals surface area contributed by atoms with E-state index < -0.39 is 0 Å². The summed E-state index contributed by atoms with van der Waals surface area (Å²) in [6.07, 6.45) is 1.74. The fourth-order valence-electron chi connectivity index (χ4n) is 1.16. The molecule has 64 valence electrons. The molecule has 1 aromatic carbocycles. The molecule has 0 unspecified atom stereocenters. The third-order valence-electron chi connectivity index (χ3n) is 1.70. The van der Waals surface area contributed by atoms with Gasteiger partial charge in [0.05, 0.1) is 0 Å². The molecule has 1 rings (SSSR count). The van der Waals surface area contributed by atoms with Crippen molar-refractivity contribution in [2.45, 2.75) is 6.92 Å². The van der Waals surface area contributed by atoms with Gasteiger partial charge in [-0.2, -0.15) is 0 Å². The van der Waals surface area contributed by atoms with Crippen molar-refractivity contribution in [1.29, 1.82) is 0 Å². The smallest absolute Gasteiger partial charge is 0.0426 e. The fraction of sp³-hybridized carbons (Fsp3) is 0.222. The first kappa shape index (κ1) is 8.59. The van der Waals surface area contributed by atoms with E-state index in [-0.39, 0.29) is 0 Å². The maximum Gasteiger partial charge on any atom is 0.0426 e. The van der Waals surface area contributed by atoms with Crippen LogP contribution in [0.15, 0.2) is 17.1 Å². The highest BCUT2D eigenvalue weighted by Crippen LogP contribution is 2.18. The van der Waals surface area contributed by atoms with Crippen molar-refractivity contribution in [3.05, 3.63) is 23.3 Å². The average Bonchev–Trinajstić information content (AvgIpc) is 1.96. The van der Waals surface area contributed by atoms with Crippen molar-refractivity contribution in [2.24, 2.45) is 4.99 Å². The Balaban J connectivity index is 3.28. The van der Waals surface area contributed by atoms with Crippen LogP contribution in [0.25, 0.3) is 0 Å². The van der Waals surface area contributed by atoms with Gasteiger partial charge in [-0.25, -0.2) is 0 Å². The minimum absolute atomic E-state index is 0.679. The first-order chi connectivity index (χ1) is 5.65. The van der Waals surface area contributed by atoms with Crippen molar-refractivity contribution in [2.75, 3.05) is 18.5 Å². The number of aliphatic imine (C=N–C) groups is 1. The molecule has 4 N–H and O–H groups in total. The van der Waals surface area contributed by atoms with Gasteiger partial charge in [-0.05, 0) is 24.6 Å². The van der Waals surface area contributed by atoms with E-state index in [9.17, 15) is 0 Å². The van der Waals surface area contributed by atoms with Gasteiger partial charge in [-0.3, -0.25) is 4.99 Å². The standard InChI is InChI=1S/C9H13N3/c1-6-3-7(10)4-9(11)8(6)5-12-2/h3-5H,10-11H2,1-2H3. The third kappa shape index (κ3) is 1.56. The van der Waals surface area contributed by atoms with Crippen molar-refractivity contribution in [3.63, 3.8) is 0 Å². The summed E-state index contributed by atoms with van der Waals surface area (Å²) in [5, 5.41) is 0. The molecule has 12 heavy (non-hydrogen) atoms. The van der Waals surface area contributed by atoms with Gasteiger partial charge in [0.1, 0.15) is 0 Å². The summed E-state index contributed by atoms with van der Waals surface area (Å²) in [4.78, 5) is 3.91. The van der Waals surface area contributed by atoms with Crippen LogP contribution >= 0.6 is 0 Å². The Kier molecular flexibility index (Phi) is 2.33. The summed E-state index contributed by atoms with van der Waals surface area (Å²) in [5.74, 6) is 0. The lowest BCUT2D eigenvalue weighted by molar-refractivity contribution is 1.41. The fourth-order valence-corrected chi connectivity index (χ4v) is 1.16. The van der Waals surface area contributed by atoms with E-state index in [4.69, 9.17) is 11.5 Å². The molecular formula is C9H13N3. The van der Waals surface area contributed by atoms with E-state index in [2.05, 4.69) is 4.99 Å². The zero-order valence-electron chi connectivity index (χ0n) is 7.33. The molecule has 0 aromatic heterocycles. The molecule has 0 bridgehead atoms. The quantitative estimate of drug-likeness (QED) is 0.482. The molecule has 0 spiro atoms. The van der Waals surface area contributed by atoms with Crippen LogP contribution in [0.5, 0.6) is 0 Å². The van der Waals surface area contributed by atoms with Gasteiger partial charge in [0.15, 0.2) is 0 Å². The van der Waals surface area contributed by atoms with Gasteiger partial charge in [-0.15, -0.1) is 0 Å². The van der Waals surface area contributed by atoms with Crippen LogP contribution in [0.3, 0.4) is 0 Å². The van der Waals surface area contributed by atoms with E-state index in [0.717, 1.165) is 11.1 Å². The van der Waals surface area contributed by atoms with Gasteiger partial charge in [0.2, 0.25) is 0 Å². The summed E-state index contributed by atoms with van der Waals surface area (Å²) in [6, 6.07) is 3.62. The van der Waals surface area contributed by atoms with Gasteiger partial charge < -0.3 is 11.5 Å². The molecule has 0 radical (unpaired) electrons. The predicted molar refractivity (Wildman–Crippen MR) is 53.5 cm³/mol. The molecule has 0 aliphatic heterocycles. The van der Waals surface area contributed by atoms with Crippen molar-refractivity contribution >= 4 is 17.6 Å². The third-order valence-corrected chi connectivity index (χ3v) is 1.70. The van der Waals surface area contributed by atoms with Crippen LogP contribution < -0.4 is 11.5 Å². The number of hydrogen-bond acceptors (Lipinski definition) is 3. The minimum atomic E-state index is 0.679. The zero-order chi connectivity index (χ0) is 9.14. The maximum absolute atomic E-state index is 5.74. The molecule has 3 nitrogen and oxygen atoms in total. The number of benzene rings is 1. The average molecular weight is 163 g/mol. The van der Waals surface area contributed by atoms with Crippen molar-refractivity contribution in [1.82, 2.24) is 0 Å². The van der Waals surface area contributed by atoms with Crippen molar-refractivity contribution in [3.8, 4) is 0 Å². The Morgan fingerprint density at radius 3 is 2.50 bits per heavy atom. The molecule has 0 aliphatic rings. The molecular weight excluding hydrogens is 150 g/mol. The highest BCUT2D eigenvalue weighted by Gasteiger charge is 2.00. The Labute approximate surface area is 72.1 Å². The summed E-state index contributed by atoms with van der Waals surface area (Å²) in [5.41, 5.74) is 14.7. The van der Waals surface area contributed by atoms with Gasteiger partial charge in [-0.1, -0.05) is 0 Å². The summed E-state index contributed by atoms with van der Waals surface area (Å²) in [7, 11) is 1.72. The number of nitrogens with zero attached hydrogens (tertiary/aromatic N) is 1. The molecule has 0 amide bonds. The Morgan fingerprint density at radius 2 is 2.00 bits per heavy atom. The van der Waals surface area contributed by atoms with E-state index in [0.29, 0.717) is 11.4 Å². The predicted octanol–water partition coefficient (Wildman–Crippen LogP) is 1.21. The van der Waals surface area contributed by atoms with Gasteiger partial charge >= 0.3 is 0 Å². The lowest BCUT2D eigenvalue weighted by Gasteiger charge is -2.05. The minimum Gasteiger partial charge on any atom is -0.399 e. The van der Waals surface area contributed by atoms with Crippen LogP contribution in [0.4, 0.5) is 11.4 Å². The summed E-state index contributed by atoms with van der Waals surface area (Å²) in [6.45, 7) is 1.96. The Hall–Kier alpha value is -1.51. The molecule has 3 heteroatoms. The summed E-state index contributed by atoms with van der Waals surface area (Å²) >= 11 is 0. The molecule has 0 atom stereocenters. The van der Waals surface area contributed by atoms with Crippen LogP contribution in [0, 0.1) is 6.92 Å². The maximum atomic E-state index is 5.74. The molecule has 0 aliphatic carbocycles. The number of anilines is 2. The number of aryl methyl sites for hydroxylation is 1. The van der Waals surface area contributed by atoms with E-state index in [1.807, 2.05) is 13.0 Å². The van der Waals surface area contributed by atoms with Crippen LogP contribution in [0.1, 0.15) is 11.1 Å². The van der Waals surface area contributed by atoms with E-state index in [1.54, 1.807) is 19.3 Å². The largest absolute Gasteiger partial charge is 0.399 e. The van der Waals surface area contributed by atoms with Crippen molar-refractivity contribution < 1.29 is 0 Å². The lowest BCUT2D eigenvalue weighted by Crippen LogP contribution is -1.98. The zero-order valence-corrected chi connectivity index (χ0v) is 7.33. The highest BCUT2D eigenvalue weighted by molar-refractivity contribution is 5.89. The second-order valence-electron chi connectivity index (χ2n) is 2.73. The number of rotatable bonds is 1. The normalized spacial score (nSPS) is 10.8. The number of nitrogens with two attached hydrogens (primary N) is 2. The Bertz CT molecular complexity index is 293. The van der Waals surface area contributed by atoms with E-state index >= 15 is 0 Å². The summed E-state index contributed by atoms with van der Waals surface area (Å²) < 4.78 is 0. The van der Waals surface area contributed by atoms with Crippen LogP contribution in [0.2, 0.25) is 0 Å². The van der Waals surface area contributed by atoms with Gasteiger partial charge in [0.25, 0.3) is 0 Å². The molecule has 0 heterocycles. The second kappa shape index (κ2) is 3.26. The van der Waals surface area contributed by atoms with Crippen LogP contribution in [-0.2, 0) is 0 Å². The first-order valence-electron chi connectivity index (χ1n) is 3.73. The topological polar surface area (TPSA) is 64.4 Å². The highest BCUT2D eigenvalue weighted by atomic mass is 14.7. The molecule has 1 aromatic rings. The second-order valence-corrected chi connectivity index (χ2v) is 2.73. The number of nitrogen functional groups attached to an aromatic ring is 2. The van der Waals surface area contributed by atoms with Crippen LogP contribution in [-0.4, -0.2) is 13.3 Å². The van der Waals surface area contributed by atoms with E-state index in [1.165, 1.54) is 0 Å². The molecule has 0 saturated heterocycles. The van der Waals surface area contributed by atoms with Gasteiger partial charge in [0, 0.05) is 30.2 Å². The lowest BCUT2D eigenvalue weighted by atomic mass is 10.1. The molecule has 0 fully saturated rings. The first-order valence-corrected chi connectivity index (χ1v) is 3.73. The molecule has 0 saturated carbocycles.